The van der Waals surface area contributed by atoms with Crippen molar-refractivity contribution in [3.05, 3.63) is 47.5 Å². The second-order valence-corrected chi connectivity index (χ2v) is 12.3. The second kappa shape index (κ2) is 9.14. The number of aromatic nitrogens is 3. The molecule has 5 unspecified atom stereocenters. The molecule has 5 atom stereocenters. The van der Waals surface area contributed by atoms with E-state index in [2.05, 4.69) is 57.9 Å². The number of nitrogens with zero attached hydrogens (tertiary/aromatic N) is 4. The number of rotatable bonds is 8. The number of hydrogen-bond acceptors (Lipinski definition) is 4. The normalized spacial score (nSPS) is 31.5. The highest BCUT2D eigenvalue weighted by molar-refractivity contribution is 5.79. The van der Waals surface area contributed by atoms with Crippen molar-refractivity contribution in [1.29, 1.82) is 0 Å². The summed E-state index contributed by atoms with van der Waals surface area (Å²) in [5, 5.41) is 12.1. The molecule has 6 rings (SSSR count). The Morgan fingerprint density at radius 2 is 1.84 bits per heavy atom. The smallest absolute Gasteiger partial charge is 0.248 e. The van der Waals surface area contributed by atoms with Crippen LogP contribution in [0.25, 0.3) is 0 Å². The maximum atomic E-state index is 13.6. The Bertz CT molecular complexity index is 1140. The minimum atomic E-state index is -2.62. The Morgan fingerprint density at radius 3 is 2.54 bits per heavy atom. The molecule has 1 aromatic carbocycles. The van der Waals surface area contributed by atoms with Crippen LogP contribution in [-0.2, 0) is 4.79 Å². The maximum Gasteiger partial charge on any atom is 0.248 e. The first-order chi connectivity index (χ1) is 17.7. The van der Waals surface area contributed by atoms with Gasteiger partial charge in [-0.05, 0) is 51.0 Å². The molecule has 1 saturated heterocycles. The van der Waals surface area contributed by atoms with Crippen molar-refractivity contribution in [1.82, 2.24) is 25.0 Å². The van der Waals surface area contributed by atoms with Gasteiger partial charge in [-0.3, -0.25) is 9.69 Å². The van der Waals surface area contributed by atoms with Crippen molar-refractivity contribution >= 4 is 5.91 Å². The van der Waals surface area contributed by atoms with Gasteiger partial charge in [0.1, 0.15) is 11.6 Å². The summed E-state index contributed by atoms with van der Waals surface area (Å²) in [6, 6.07) is 11.7. The van der Waals surface area contributed by atoms with E-state index < -0.39 is 5.92 Å². The van der Waals surface area contributed by atoms with Crippen molar-refractivity contribution in [2.75, 3.05) is 6.54 Å². The first-order valence-corrected chi connectivity index (χ1v) is 14.1. The Hall–Kier alpha value is -2.35. The highest BCUT2D eigenvalue weighted by Crippen LogP contribution is 2.72. The maximum absolute atomic E-state index is 13.6. The van der Waals surface area contributed by atoms with Crippen LogP contribution in [0.3, 0.4) is 0 Å². The fraction of sp³-hybridized carbons (Fsp3) is 0.690. The first-order valence-electron chi connectivity index (χ1n) is 14.1. The molecule has 1 spiro atoms. The van der Waals surface area contributed by atoms with E-state index in [1.807, 2.05) is 18.2 Å². The van der Waals surface area contributed by atoms with Crippen molar-refractivity contribution < 1.29 is 13.6 Å². The van der Waals surface area contributed by atoms with E-state index in [0.717, 1.165) is 36.6 Å². The van der Waals surface area contributed by atoms with Gasteiger partial charge in [0.15, 0.2) is 0 Å². The van der Waals surface area contributed by atoms with Crippen LogP contribution < -0.4 is 5.32 Å². The van der Waals surface area contributed by atoms with Gasteiger partial charge >= 0.3 is 0 Å². The van der Waals surface area contributed by atoms with E-state index in [-0.39, 0.29) is 43.6 Å². The lowest BCUT2D eigenvalue weighted by molar-refractivity contribution is -0.130. The zero-order chi connectivity index (χ0) is 25.9. The van der Waals surface area contributed by atoms with Crippen LogP contribution in [0.4, 0.5) is 8.78 Å². The van der Waals surface area contributed by atoms with E-state index in [1.54, 1.807) is 0 Å². The summed E-state index contributed by atoms with van der Waals surface area (Å²) in [4.78, 5) is 15.7. The van der Waals surface area contributed by atoms with Crippen LogP contribution in [0.5, 0.6) is 0 Å². The third-order valence-corrected chi connectivity index (χ3v) is 9.71. The topological polar surface area (TPSA) is 63.1 Å². The molecule has 1 aliphatic heterocycles. The summed E-state index contributed by atoms with van der Waals surface area (Å²) in [6.45, 7) is 7.37. The molecule has 0 bridgehead atoms. The quantitative estimate of drug-likeness (QED) is 0.504. The van der Waals surface area contributed by atoms with Crippen molar-refractivity contribution in [3.63, 3.8) is 0 Å². The average molecular weight is 512 g/mol. The van der Waals surface area contributed by atoms with E-state index >= 15 is 0 Å². The van der Waals surface area contributed by atoms with Gasteiger partial charge in [-0.25, -0.2) is 8.78 Å². The van der Waals surface area contributed by atoms with E-state index in [1.165, 1.54) is 12.8 Å². The Kier molecular flexibility index (Phi) is 6.16. The fourth-order valence-electron chi connectivity index (χ4n) is 7.69. The molecule has 3 saturated carbocycles. The molecule has 4 fully saturated rings. The summed E-state index contributed by atoms with van der Waals surface area (Å²) in [5.41, 5.74) is 1.54. The van der Waals surface area contributed by atoms with Crippen LogP contribution in [-0.4, -0.2) is 50.1 Å². The minimum Gasteiger partial charge on any atom is -0.349 e. The number of hydrogen-bond donors (Lipinski definition) is 1. The average Bonchev–Trinajstić information content (AvgIpc) is 3.13. The highest BCUT2D eigenvalue weighted by atomic mass is 19.3. The number of carbonyl (C=O) groups excluding carboxylic acids is 1. The molecule has 1 amide bonds. The number of aryl methyl sites for hydroxylation is 1. The number of likely N-dealkylation sites (tertiary alicyclic amines) is 1. The summed E-state index contributed by atoms with van der Waals surface area (Å²) in [7, 11) is 0. The Balaban J connectivity index is 1.11. The first kappa shape index (κ1) is 25.0. The van der Waals surface area contributed by atoms with Crippen LogP contribution >= 0.6 is 0 Å². The van der Waals surface area contributed by atoms with Gasteiger partial charge in [-0.15, -0.1) is 10.2 Å². The lowest BCUT2D eigenvalue weighted by Crippen LogP contribution is -2.53. The monoisotopic (exact) mass is 511 g/mol. The van der Waals surface area contributed by atoms with E-state index in [0.29, 0.717) is 29.5 Å². The molecule has 0 radical (unpaired) electrons. The van der Waals surface area contributed by atoms with Gasteiger partial charge in [0.05, 0.1) is 6.04 Å². The predicted molar refractivity (Wildman–Crippen MR) is 137 cm³/mol. The predicted octanol–water partition coefficient (Wildman–Crippen LogP) is 5.56. The third kappa shape index (κ3) is 4.39. The van der Waals surface area contributed by atoms with Crippen molar-refractivity contribution in [3.8, 4) is 0 Å². The molecule has 200 valence electrons. The summed E-state index contributed by atoms with van der Waals surface area (Å²) in [5.74, 6) is -0.542. The molecular formula is C29H39F2N5O. The molecule has 6 nitrogen and oxygen atoms in total. The fourth-order valence-corrected chi connectivity index (χ4v) is 7.69. The number of benzene rings is 1. The number of amides is 1. The number of alkyl halides is 2. The number of halogens is 2. The van der Waals surface area contributed by atoms with Gasteiger partial charge in [0, 0.05) is 54.8 Å². The second-order valence-electron chi connectivity index (χ2n) is 12.3. The zero-order valence-corrected chi connectivity index (χ0v) is 22.2. The van der Waals surface area contributed by atoms with E-state index in [4.69, 9.17) is 0 Å². The van der Waals surface area contributed by atoms with Gasteiger partial charge < -0.3 is 9.88 Å². The standard InChI is InChI=1S/C29H39F2N5O/c1-18(2)26-34-33-19(3)36(26)22-15-24-28(16-22)17-25(28)35(24)14-11-23(20-7-5-4-6-8-20)32-27(37)21-9-12-29(30,31)13-10-21/h4-8,18,21-25H,9-17H2,1-3H3,(H,32,37). The molecule has 8 heteroatoms. The molecule has 37 heavy (non-hydrogen) atoms. The largest absolute Gasteiger partial charge is 0.349 e. The van der Waals surface area contributed by atoms with Crippen LogP contribution in [0.15, 0.2) is 30.3 Å². The third-order valence-electron chi connectivity index (χ3n) is 9.71. The van der Waals surface area contributed by atoms with Crippen molar-refractivity contribution in [2.45, 2.75) is 108 Å². The number of carbonyl (C=O) groups is 1. The van der Waals surface area contributed by atoms with Gasteiger partial charge in [0.2, 0.25) is 11.8 Å². The van der Waals surface area contributed by atoms with Gasteiger partial charge in [0.25, 0.3) is 0 Å². The zero-order valence-electron chi connectivity index (χ0n) is 22.2. The van der Waals surface area contributed by atoms with Crippen molar-refractivity contribution in [2.24, 2.45) is 11.3 Å². The SMILES string of the molecule is Cc1nnc(C(C)C)n1C1CC2N(CCC(NC(=O)C3CCC(F)(F)CC3)c3ccccc3)C3CC23C1. The van der Waals surface area contributed by atoms with Gasteiger partial charge in [-0.1, -0.05) is 44.2 Å². The molecule has 1 N–H and O–H groups in total. The molecule has 4 aliphatic rings. The lowest BCUT2D eigenvalue weighted by Gasteiger charge is -2.44. The molecule has 2 heterocycles. The van der Waals surface area contributed by atoms with Crippen LogP contribution in [0, 0.1) is 18.3 Å². The molecule has 3 aliphatic carbocycles. The highest BCUT2D eigenvalue weighted by Gasteiger charge is 2.75. The summed E-state index contributed by atoms with van der Waals surface area (Å²) in [6.07, 6.45) is 4.59. The molecular weight excluding hydrogens is 472 g/mol. The Labute approximate surface area is 218 Å². The molecule has 1 aromatic heterocycles. The number of nitrogens with one attached hydrogen (secondary N) is 1. The minimum absolute atomic E-state index is 0.0704. The molecule has 2 aromatic rings. The lowest BCUT2D eigenvalue weighted by atomic mass is 9.85. The Morgan fingerprint density at radius 1 is 1.11 bits per heavy atom. The van der Waals surface area contributed by atoms with Crippen LogP contribution in [0.1, 0.15) is 100 Å². The summed E-state index contributed by atoms with van der Waals surface area (Å²) < 4.78 is 29.6. The van der Waals surface area contributed by atoms with E-state index in [9.17, 15) is 13.6 Å². The van der Waals surface area contributed by atoms with Crippen LogP contribution in [0.2, 0.25) is 0 Å². The van der Waals surface area contributed by atoms with Gasteiger partial charge in [-0.2, -0.15) is 0 Å². The summed E-state index contributed by atoms with van der Waals surface area (Å²) >= 11 is 0.